The average Bonchev–Trinajstić information content (AvgIpc) is 2.68. The van der Waals surface area contributed by atoms with E-state index in [0.717, 1.165) is 6.08 Å². The lowest BCUT2D eigenvalue weighted by molar-refractivity contribution is -0.138. The molecular formula is C13H10F4N2O3. The quantitative estimate of drug-likeness (QED) is 0.652. The Hall–Kier alpha value is -2.42. The second-order valence-electron chi connectivity index (χ2n) is 4.39. The van der Waals surface area contributed by atoms with Crippen LogP contribution in [-0.4, -0.2) is 35.0 Å². The molecule has 2 rings (SSSR count). The largest absolute Gasteiger partial charge is 0.416 e. The Balaban J connectivity index is 2.27. The molecule has 0 saturated heterocycles. The van der Waals surface area contributed by atoms with Gasteiger partial charge in [0.2, 0.25) is 0 Å². The van der Waals surface area contributed by atoms with Gasteiger partial charge >= 0.3 is 6.18 Å². The predicted octanol–water partition coefficient (Wildman–Crippen LogP) is 1.50. The molecule has 22 heavy (non-hydrogen) atoms. The Kier molecular flexibility index (Phi) is 4.18. The fourth-order valence-corrected chi connectivity index (χ4v) is 1.85. The maximum atomic E-state index is 13.6. The molecule has 0 bridgehead atoms. The first-order chi connectivity index (χ1) is 10.2. The number of aliphatic hydroxyl groups excluding tert-OH is 1. The highest BCUT2D eigenvalue weighted by atomic mass is 19.4. The number of nitrogens with zero attached hydrogens (tertiary/aromatic N) is 1. The van der Waals surface area contributed by atoms with Crippen molar-refractivity contribution in [1.82, 2.24) is 4.90 Å². The number of aliphatic hydroxyl groups is 1. The van der Waals surface area contributed by atoms with Crippen LogP contribution in [0, 0.1) is 5.82 Å². The van der Waals surface area contributed by atoms with E-state index in [4.69, 9.17) is 5.11 Å². The fraction of sp³-hybridized carbons (Fsp3) is 0.231. The average molecular weight is 318 g/mol. The van der Waals surface area contributed by atoms with Gasteiger partial charge in [-0.3, -0.25) is 14.5 Å². The van der Waals surface area contributed by atoms with E-state index in [0.29, 0.717) is 23.1 Å². The number of carbonyl (C=O) groups is 2. The first kappa shape index (κ1) is 16.0. The predicted molar refractivity (Wildman–Crippen MR) is 66.9 cm³/mol. The van der Waals surface area contributed by atoms with Crippen molar-refractivity contribution < 1.29 is 32.3 Å². The standard InChI is InChI=1S/C13H10F4N2O3/c14-8-2-1-7(13(15,16)17)5-9(8)18-10-6-11(21)19(3-4-20)12(10)22/h1-2,5-6,18,20H,3-4H2. The Morgan fingerprint density at radius 2 is 1.91 bits per heavy atom. The summed E-state index contributed by atoms with van der Waals surface area (Å²) in [5.74, 6) is -2.60. The van der Waals surface area contributed by atoms with Crippen molar-refractivity contribution in [2.75, 3.05) is 18.5 Å². The minimum atomic E-state index is -4.67. The molecule has 1 aliphatic rings. The van der Waals surface area contributed by atoms with Crippen molar-refractivity contribution in [3.63, 3.8) is 0 Å². The first-order valence-corrected chi connectivity index (χ1v) is 6.06. The molecule has 5 nitrogen and oxygen atoms in total. The van der Waals surface area contributed by atoms with E-state index in [1.54, 1.807) is 0 Å². The SMILES string of the molecule is O=C1C=C(Nc2cc(C(F)(F)F)ccc2F)C(=O)N1CCO. The van der Waals surface area contributed by atoms with Crippen LogP contribution in [-0.2, 0) is 15.8 Å². The zero-order chi connectivity index (χ0) is 16.5. The van der Waals surface area contributed by atoms with Crippen molar-refractivity contribution in [2.24, 2.45) is 0 Å². The summed E-state index contributed by atoms with van der Waals surface area (Å²) in [6, 6.07) is 1.68. The Bertz CT molecular complexity index is 655. The van der Waals surface area contributed by atoms with E-state index in [-0.39, 0.29) is 12.2 Å². The van der Waals surface area contributed by atoms with E-state index >= 15 is 0 Å². The number of rotatable bonds is 4. The number of hydrogen-bond donors (Lipinski definition) is 2. The van der Waals surface area contributed by atoms with E-state index < -0.39 is 41.7 Å². The number of benzene rings is 1. The zero-order valence-electron chi connectivity index (χ0n) is 10.9. The molecule has 0 atom stereocenters. The van der Waals surface area contributed by atoms with Gasteiger partial charge in [0.1, 0.15) is 11.5 Å². The molecule has 1 aromatic carbocycles. The van der Waals surface area contributed by atoms with Gasteiger partial charge in [0.25, 0.3) is 11.8 Å². The normalized spacial score (nSPS) is 15.3. The summed E-state index contributed by atoms with van der Waals surface area (Å²) < 4.78 is 51.4. The lowest BCUT2D eigenvalue weighted by Crippen LogP contribution is -2.34. The maximum Gasteiger partial charge on any atom is 0.416 e. The van der Waals surface area contributed by atoms with Gasteiger partial charge in [-0.15, -0.1) is 0 Å². The molecule has 2 amide bonds. The highest BCUT2D eigenvalue weighted by molar-refractivity contribution is 6.17. The molecule has 2 N–H and O–H groups in total. The van der Waals surface area contributed by atoms with Gasteiger partial charge in [-0.1, -0.05) is 0 Å². The van der Waals surface area contributed by atoms with Crippen molar-refractivity contribution in [2.45, 2.75) is 6.18 Å². The van der Waals surface area contributed by atoms with Gasteiger partial charge < -0.3 is 10.4 Å². The molecule has 0 aliphatic carbocycles. The second-order valence-corrected chi connectivity index (χ2v) is 4.39. The lowest BCUT2D eigenvalue weighted by Gasteiger charge is -2.14. The smallest absolute Gasteiger partial charge is 0.395 e. The van der Waals surface area contributed by atoms with Gasteiger partial charge in [0.15, 0.2) is 0 Å². The zero-order valence-corrected chi connectivity index (χ0v) is 10.9. The first-order valence-electron chi connectivity index (χ1n) is 6.06. The molecular weight excluding hydrogens is 308 g/mol. The summed E-state index contributed by atoms with van der Waals surface area (Å²) in [4.78, 5) is 24.0. The molecule has 0 aromatic heterocycles. The van der Waals surface area contributed by atoms with Crippen LogP contribution in [0.15, 0.2) is 30.0 Å². The van der Waals surface area contributed by atoms with Crippen molar-refractivity contribution in [1.29, 1.82) is 0 Å². The summed E-state index contributed by atoms with van der Waals surface area (Å²) in [6.07, 6.45) is -3.84. The van der Waals surface area contributed by atoms with Crippen LogP contribution < -0.4 is 5.32 Å². The minimum absolute atomic E-state index is 0.260. The van der Waals surface area contributed by atoms with E-state index in [1.165, 1.54) is 0 Å². The second kappa shape index (κ2) is 5.76. The molecule has 0 fully saturated rings. The number of halogens is 4. The van der Waals surface area contributed by atoms with Crippen LogP contribution >= 0.6 is 0 Å². The third-order valence-corrected chi connectivity index (χ3v) is 2.90. The fourth-order valence-electron chi connectivity index (χ4n) is 1.85. The number of alkyl halides is 3. The van der Waals surface area contributed by atoms with Gasteiger partial charge in [0.05, 0.1) is 24.4 Å². The number of hydrogen-bond acceptors (Lipinski definition) is 4. The Labute approximate surface area is 121 Å². The summed E-state index contributed by atoms with van der Waals surface area (Å²) in [7, 11) is 0. The number of nitrogens with one attached hydrogen (secondary N) is 1. The number of amides is 2. The molecule has 9 heteroatoms. The number of β-amino-alcohol motifs (C(OH)–C–C–N with tert-alkyl or cyclic N) is 1. The molecule has 1 aliphatic heterocycles. The Morgan fingerprint density at radius 1 is 1.23 bits per heavy atom. The van der Waals surface area contributed by atoms with Crippen molar-refractivity contribution >= 4 is 17.5 Å². The maximum absolute atomic E-state index is 13.6. The number of anilines is 1. The van der Waals surface area contributed by atoms with Crippen molar-refractivity contribution in [3.8, 4) is 0 Å². The molecule has 0 spiro atoms. The highest BCUT2D eigenvalue weighted by Gasteiger charge is 2.33. The Morgan fingerprint density at radius 3 is 2.50 bits per heavy atom. The molecule has 1 heterocycles. The summed E-state index contributed by atoms with van der Waals surface area (Å²) >= 11 is 0. The molecule has 0 saturated carbocycles. The van der Waals surface area contributed by atoms with Crippen molar-refractivity contribution in [3.05, 3.63) is 41.4 Å². The van der Waals surface area contributed by atoms with Crippen LogP contribution in [0.1, 0.15) is 5.56 Å². The van der Waals surface area contributed by atoms with Crippen LogP contribution in [0.25, 0.3) is 0 Å². The summed E-state index contributed by atoms with van der Waals surface area (Å²) in [5.41, 5.74) is -2.04. The third-order valence-electron chi connectivity index (χ3n) is 2.90. The monoisotopic (exact) mass is 318 g/mol. The molecule has 1 aromatic rings. The van der Waals surface area contributed by atoms with Gasteiger partial charge in [0, 0.05) is 6.08 Å². The topological polar surface area (TPSA) is 69.6 Å². The highest BCUT2D eigenvalue weighted by Crippen LogP contribution is 2.32. The molecule has 118 valence electrons. The van der Waals surface area contributed by atoms with Crippen LogP contribution in [0.3, 0.4) is 0 Å². The van der Waals surface area contributed by atoms with Crippen LogP contribution in [0.2, 0.25) is 0 Å². The minimum Gasteiger partial charge on any atom is -0.395 e. The van der Waals surface area contributed by atoms with Gasteiger partial charge in [-0.25, -0.2) is 4.39 Å². The van der Waals surface area contributed by atoms with E-state index in [1.807, 2.05) is 0 Å². The molecule has 0 unspecified atom stereocenters. The van der Waals surface area contributed by atoms with E-state index in [2.05, 4.69) is 5.32 Å². The lowest BCUT2D eigenvalue weighted by atomic mass is 10.2. The number of imide groups is 1. The van der Waals surface area contributed by atoms with E-state index in [9.17, 15) is 27.2 Å². The summed E-state index contributed by atoms with van der Waals surface area (Å²) in [5, 5.41) is 10.9. The number of carbonyl (C=O) groups excluding carboxylic acids is 2. The van der Waals surface area contributed by atoms with Gasteiger partial charge in [-0.05, 0) is 18.2 Å². The van der Waals surface area contributed by atoms with Crippen LogP contribution in [0.4, 0.5) is 23.2 Å². The summed E-state index contributed by atoms with van der Waals surface area (Å²) in [6.45, 7) is -0.721. The van der Waals surface area contributed by atoms with Gasteiger partial charge in [-0.2, -0.15) is 13.2 Å². The van der Waals surface area contributed by atoms with Crippen LogP contribution in [0.5, 0.6) is 0 Å². The third kappa shape index (κ3) is 3.08. The molecule has 0 radical (unpaired) electrons.